The minimum absolute atomic E-state index is 0.0385. The van der Waals surface area contributed by atoms with Gasteiger partial charge in [-0.3, -0.25) is 19.9 Å². The number of oxazole rings is 1. The predicted octanol–water partition coefficient (Wildman–Crippen LogP) is 4.27. The maximum Gasteiger partial charge on any atom is 0.302 e. The first-order valence-corrected chi connectivity index (χ1v) is 10.3. The van der Waals surface area contributed by atoms with E-state index in [9.17, 15) is 9.59 Å². The molecule has 0 spiro atoms. The molecule has 0 radical (unpaired) electrons. The first-order valence-electron chi connectivity index (χ1n) is 10.3. The van der Waals surface area contributed by atoms with E-state index >= 15 is 0 Å². The quantitative estimate of drug-likeness (QED) is 0.438. The Kier molecular flexibility index (Phi) is 6.67. The molecule has 0 saturated heterocycles. The maximum atomic E-state index is 12.5. The number of amides is 2. The molecule has 0 fully saturated rings. The van der Waals surface area contributed by atoms with Gasteiger partial charge in [-0.05, 0) is 29.7 Å². The predicted molar refractivity (Wildman–Crippen MR) is 120 cm³/mol. The van der Waals surface area contributed by atoms with Crippen molar-refractivity contribution in [3.05, 3.63) is 114 Å². The molecule has 0 aliphatic heterocycles. The molecule has 0 saturated carbocycles. The van der Waals surface area contributed by atoms with Crippen LogP contribution < -0.4 is 10.6 Å². The van der Waals surface area contributed by atoms with Crippen LogP contribution >= 0.6 is 0 Å². The third-order valence-electron chi connectivity index (χ3n) is 5.02. The van der Waals surface area contributed by atoms with Crippen molar-refractivity contribution in [3.8, 4) is 0 Å². The fraction of sp³-hybridized carbons (Fsp3) is 0.120. The highest BCUT2D eigenvalue weighted by atomic mass is 16.4. The number of nitrogens with zero attached hydrogens (tertiary/aromatic N) is 2. The molecule has 2 aromatic heterocycles. The number of rotatable bonds is 8. The lowest BCUT2D eigenvalue weighted by Gasteiger charge is -2.18. The number of carbonyl (C=O) groups excluding carboxylic acids is 2. The molecule has 2 amide bonds. The molecule has 160 valence electrons. The Balaban J connectivity index is 1.35. The van der Waals surface area contributed by atoms with Crippen molar-refractivity contribution in [2.45, 2.75) is 12.3 Å². The number of hydrogen-bond acceptors (Lipinski definition) is 5. The van der Waals surface area contributed by atoms with Gasteiger partial charge in [0.1, 0.15) is 6.26 Å². The molecular weight excluding hydrogens is 404 g/mol. The van der Waals surface area contributed by atoms with E-state index in [0.717, 1.165) is 6.42 Å². The van der Waals surface area contributed by atoms with E-state index in [-0.39, 0.29) is 23.5 Å². The van der Waals surface area contributed by atoms with Gasteiger partial charge in [0.05, 0.1) is 0 Å². The van der Waals surface area contributed by atoms with Crippen LogP contribution in [-0.4, -0.2) is 28.3 Å². The fourth-order valence-corrected chi connectivity index (χ4v) is 3.43. The maximum absolute atomic E-state index is 12.5. The van der Waals surface area contributed by atoms with E-state index in [2.05, 4.69) is 44.9 Å². The first-order chi connectivity index (χ1) is 15.7. The van der Waals surface area contributed by atoms with E-state index in [1.165, 1.54) is 29.8 Å². The van der Waals surface area contributed by atoms with Crippen LogP contribution in [-0.2, 0) is 0 Å². The number of carbonyl (C=O) groups is 2. The van der Waals surface area contributed by atoms with Crippen LogP contribution in [0, 0.1) is 0 Å². The Labute approximate surface area is 185 Å². The third kappa shape index (κ3) is 5.26. The average Bonchev–Trinajstić information content (AvgIpc) is 3.32. The first kappa shape index (κ1) is 21.0. The Morgan fingerprint density at radius 3 is 2.09 bits per heavy atom. The van der Waals surface area contributed by atoms with Gasteiger partial charge in [0.25, 0.3) is 11.8 Å². The van der Waals surface area contributed by atoms with Crippen molar-refractivity contribution in [3.63, 3.8) is 0 Å². The van der Waals surface area contributed by atoms with E-state index in [4.69, 9.17) is 4.42 Å². The van der Waals surface area contributed by atoms with Gasteiger partial charge in [0.2, 0.25) is 0 Å². The molecule has 2 N–H and O–H groups in total. The van der Waals surface area contributed by atoms with Crippen LogP contribution in [0.25, 0.3) is 0 Å². The lowest BCUT2D eigenvalue weighted by molar-refractivity contribution is 0.0946. The smallest absolute Gasteiger partial charge is 0.302 e. The summed E-state index contributed by atoms with van der Waals surface area (Å²) in [4.78, 5) is 32.6. The molecule has 7 nitrogen and oxygen atoms in total. The van der Waals surface area contributed by atoms with Gasteiger partial charge < -0.3 is 9.73 Å². The van der Waals surface area contributed by atoms with Crippen LogP contribution in [0.3, 0.4) is 0 Å². The van der Waals surface area contributed by atoms with Gasteiger partial charge in [-0.25, -0.2) is 0 Å². The van der Waals surface area contributed by atoms with Crippen LogP contribution in [0.1, 0.15) is 44.3 Å². The zero-order valence-corrected chi connectivity index (χ0v) is 17.3. The Morgan fingerprint density at radius 2 is 1.47 bits per heavy atom. The van der Waals surface area contributed by atoms with Gasteiger partial charge in [0.15, 0.2) is 5.69 Å². The van der Waals surface area contributed by atoms with Gasteiger partial charge in [-0.15, -0.1) is 0 Å². The van der Waals surface area contributed by atoms with E-state index in [1.807, 2.05) is 36.4 Å². The molecule has 2 heterocycles. The Bertz CT molecular complexity index is 1120. The van der Waals surface area contributed by atoms with Crippen LogP contribution in [0.5, 0.6) is 0 Å². The van der Waals surface area contributed by atoms with Crippen LogP contribution in [0.15, 0.2) is 95.9 Å². The molecule has 4 aromatic rings. The lowest BCUT2D eigenvalue weighted by Crippen LogP contribution is -2.26. The van der Waals surface area contributed by atoms with Crippen LogP contribution in [0.2, 0.25) is 0 Å². The summed E-state index contributed by atoms with van der Waals surface area (Å²) in [5.41, 5.74) is 2.90. The Hall–Kier alpha value is -4.26. The van der Waals surface area contributed by atoms with Gasteiger partial charge in [-0.1, -0.05) is 60.7 Å². The summed E-state index contributed by atoms with van der Waals surface area (Å²) in [5.74, 6) is -0.599. The topological polar surface area (TPSA) is 97.1 Å². The highest BCUT2D eigenvalue weighted by molar-refractivity contribution is 6.03. The van der Waals surface area contributed by atoms with Gasteiger partial charge >= 0.3 is 6.01 Å². The number of benzene rings is 2. The number of aromatic nitrogens is 2. The molecule has 4 rings (SSSR count). The fourth-order valence-electron chi connectivity index (χ4n) is 3.43. The molecule has 0 unspecified atom stereocenters. The van der Waals surface area contributed by atoms with E-state index < -0.39 is 5.91 Å². The van der Waals surface area contributed by atoms with Crippen molar-refractivity contribution in [1.82, 2.24) is 15.3 Å². The Morgan fingerprint density at radius 1 is 0.844 bits per heavy atom. The molecule has 2 aromatic carbocycles. The minimum Gasteiger partial charge on any atom is -0.431 e. The van der Waals surface area contributed by atoms with Gasteiger partial charge in [0, 0.05) is 30.4 Å². The molecule has 0 bridgehead atoms. The number of nitrogens with one attached hydrogen (secondary N) is 2. The SMILES string of the molecule is O=C(Nc1nc(C(=O)NCCC(c2ccccc2)c2ccccc2)co1)c1ccncc1. The summed E-state index contributed by atoms with van der Waals surface area (Å²) >= 11 is 0. The number of hydrogen-bond donors (Lipinski definition) is 2. The second kappa shape index (κ2) is 10.2. The highest BCUT2D eigenvalue weighted by Crippen LogP contribution is 2.27. The second-order valence-corrected chi connectivity index (χ2v) is 7.15. The summed E-state index contributed by atoms with van der Waals surface area (Å²) in [6, 6.07) is 23.5. The zero-order valence-electron chi connectivity index (χ0n) is 17.3. The summed E-state index contributed by atoms with van der Waals surface area (Å²) in [5, 5.41) is 5.41. The highest BCUT2D eigenvalue weighted by Gasteiger charge is 2.17. The normalized spacial score (nSPS) is 10.7. The van der Waals surface area contributed by atoms with Gasteiger partial charge in [-0.2, -0.15) is 4.98 Å². The third-order valence-corrected chi connectivity index (χ3v) is 5.02. The van der Waals surface area contributed by atoms with E-state index in [0.29, 0.717) is 12.1 Å². The van der Waals surface area contributed by atoms with Crippen molar-refractivity contribution in [2.24, 2.45) is 0 Å². The monoisotopic (exact) mass is 426 g/mol. The molecule has 0 aliphatic rings. The van der Waals surface area contributed by atoms with Crippen molar-refractivity contribution in [2.75, 3.05) is 11.9 Å². The van der Waals surface area contributed by atoms with E-state index in [1.54, 1.807) is 12.1 Å². The number of anilines is 1. The molecular formula is C25H22N4O3. The summed E-state index contributed by atoms with van der Waals surface area (Å²) in [6.45, 7) is 0.457. The largest absolute Gasteiger partial charge is 0.431 e. The molecule has 0 atom stereocenters. The average molecular weight is 426 g/mol. The minimum atomic E-state index is -0.394. The molecule has 0 aliphatic carbocycles. The van der Waals surface area contributed by atoms with Crippen molar-refractivity contribution < 1.29 is 14.0 Å². The second-order valence-electron chi connectivity index (χ2n) is 7.15. The van der Waals surface area contributed by atoms with Crippen LogP contribution in [0.4, 0.5) is 6.01 Å². The lowest BCUT2D eigenvalue weighted by atomic mass is 9.88. The zero-order chi connectivity index (χ0) is 22.2. The summed E-state index contributed by atoms with van der Waals surface area (Å²) in [6.07, 6.45) is 4.98. The summed E-state index contributed by atoms with van der Waals surface area (Å²) in [7, 11) is 0. The van der Waals surface area contributed by atoms with Crippen molar-refractivity contribution in [1.29, 1.82) is 0 Å². The van der Waals surface area contributed by atoms with Crippen molar-refractivity contribution >= 4 is 17.8 Å². The standard InChI is InChI=1S/C25H22N4O3/c30-23(20-11-14-26-15-12-20)29-25-28-22(17-32-25)24(31)27-16-13-21(18-7-3-1-4-8-18)19-9-5-2-6-10-19/h1-12,14-15,17,21H,13,16H2,(H,27,31)(H,28,29,30). The number of pyridine rings is 1. The summed E-state index contributed by atoms with van der Waals surface area (Å²) < 4.78 is 5.22. The molecule has 32 heavy (non-hydrogen) atoms. The molecule has 7 heteroatoms.